The molecule has 1 heterocycles. The van der Waals surface area contributed by atoms with Crippen molar-refractivity contribution in [1.82, 2.24) is 0 Å². The van der Waals surface area contributed by atoms with Gasteiger partial charge in [-0.1, -0.05) is 29.3 Å². The van der Waals surface area contributed by atoms with Crippen LogP contribution < -0.4 is 0 Å². The molecule has 4 nitrogen and oxygen atoms in total. The highest BCUT2D eigenvalue weighted by Gasteiger charge is 2.41. The van der Waals surface area contributed by atoms with Crippen LogP contribution in [0.5, 0.6) is 0 Å². The molecule has 1 saturated heterocycles. The first kappa shape index (κ1) is 12.6. The minimum Gasteiger partial charge on any atom is -0.479 e. The third-order valence-corrected chi connectivity index (χ3v) is 3.03. The summed E-state index contributed by atoms with van der Waals surface area (Å²) in [6.45, 7) is 1.64. The topological polar surface area (TPSA) is 55.8 Å². The molecule has 0 saturated carbocycles. The van der Waals surface area contributed by atoms with Crippen molar-refractivity contribution in [3.63, 3.8) is 0 Å². The smallest absolute Gasteiger partial charge is 0.336 e. The molecule has 3 atom stereocenters. The van der Waals surface area contributed by atoms with Gasteiger partial charge in [0.05, 0.1) is 0 Å². The van der Waals surface area contributed by atoms with E-state index in [9.17, 15) is 4.79 Å². The van der Waals surface area contributed by atoms with Crippen molar-refractivity contribution in [2.75, 3.05) is 0 Å². The molecule has 6 heteroatoms. The fourth-order valence-corrected chi connectivity index (χ4v) is 2.26. The quantitative estimate of drug-likeness (QED) is 0.903. The molecule has 0 radical (unpaired) electrons. The van der Waals surface area contributed by atoms with Crippen LogP contribution >= 0.6 is 23.2 Å². The lowest BCUT2D eigenvalue weighted by Gasteiger charge is -2.15. The SMILES string of the molecule is CC1OC(C(=O)O)C(c2ccc(Cl)cc2Cl)O1. The summed E-state index contributed by atoms with van der Waals surface area (Å²) in [5.41, 5.74) is 0.563. The van der Waals surface area contributed by atoms with Crippen LogP contribution in [0.3, 0.4) is 0 Å². The molecule has 92 valence electrons. The Kier molecular flexibility index (Phi) is 3.58. The van der Waals surface area contributed by atoms with Crippen LogP contribution in [0.4, 0.5) is 0 Å². The Bertz CT molecular complexity index is 449. The molecule has 1 aliphatic heterocycles. The van der Waals surface area contributed by atoms with Gasteiger partial charge in [-0.15, -0.1) is 0 Å². The molecule has 2 rings (SSSR count). The third kappa shape index (κ3) is 2.55. The summed E-state index contributed by atoms with van der Waals surface area (Å²) < 4.78 is 10.6. The zero-order valence-corrected chi connectivity index (χ0v) is 10.4. The normalized spacial score (nSPS) is 28.3. The van der Waals surface area contributed by atoms with Crippen molar-refractivity contribution in [2.24, 2.45) is 0 Å². The van der Waals surface area contributed by atoms with Gasteiger partial charge in [-0.25, -0.2) is 4.79 Å². The summed E-state index contributed by atoms with van der Waals surface area (Å²) in [5, 5.41) is 9.89. The van der Waals surface area contributed by atoms with Gasteiger partial charge < -0.3 is 14.6 Å². The number of hydrogen-bond donors (Lipinski definition) is 1. The van der Waals surface area contributed by atoms with Gasteiger partial charge in [0, 0.05) is 15.6 Å². The van der Waals surface area contributed by atoms with Gasteiger partial charge in [-0.05, 0) is 19.1 Å². The summed E-state index contributed by atoms with van der Waals surface area (Å²) in [6.07, 6.45) is -2.34. The fraction of sp³-hybridized carbons (Fsp3) is 0.364. The van der Waals surface area contributed by atoms with Gasteiger partial charge in [0.1, 0.15) is 6.10 Å². The lowest BCUT2D eigenvalue weighted by molar-refractivity contribution is -0.150. The zero-order valence-electron chi connectivity index (χ0n) is 8.89. The number of benzene rings is 1. The standard InChI is InChI=1S/C11H10Cl2O4/c1-5-16-9(10(17-5)11(14)15)7-3-2-6(12)4-8(7)13/h2-5,9-10H,1H3,(H,14,15). The monoisotopic (exact) mass is 276 g/mol. The molecule has 1 aromatic rings. The van der Waals surface area contributed by atoms with Crippen LogP contribution in [0.15, 0.2) is 18.2 Å². The predicted molar refractivity (Wildman–Crippen MR) is 62.3 cm³/mol. The van der Waals surface area contributed by atoms with Crippen molar-refractivity contribution >= 4 is 29.2 Å². The molecular formula is C11H10Cl2O4. The van der Waals surface area contributed by atoms with Crippen LogP contribution in [0.1, 0.15) is 18.6 Å². The van der Waals surface area contributed by atoms with Crippen LogP contribution in [0.25, 0.3) is 0 Å². The maximum Gasteiger partial charge on any atom is 0.336 e. The average Bonchev–Trinajstić information content (AvgIpc) is 2.60. The predicted octanol–water partition coefficient (Wildman–Crippen LogP) is 2.88. The van der Waals surface area contributed by atoms with Crippen LogP contribution in [0, 0.1) is 0 Å². The Balaban J connectivity index is 2.34. The average molecular weight is 277 g/mol. The van der Waals surface area contributed by atoms with Crippen molar-refractivity contribution in [3.8, 4) is 0 Å². The third-order valence-electron chi connectivity index (χ3n) is 2.46. The molecule has 0 aromatic heterocycles. The molecule has 0 bridgehead atoms. The minimum atomic E-state index is -1.08. The van der Waals surface area contributed by atoms with E-state index in [4.69, 9.17) is 37.8 Å². The lowest BCUT2D eigenvalue weighted by Crippen LogP contribution is -2.25. The fourth-order valence-electron chi connectivity index (χ4n) is 1.74. The number of carboxylic acid groups (broad SMARTS) is 1. The van der Waals surface area contributed by atoms with Gasteiger partial charge in [0.25, 0.3) is 0 Å². The van der Waals surface area contributed by atoms with Crippen LogP contribution in [-0.2, 0) is 14.3 Å². The van der Waals surface area contributed by atoms with E-state index in [0.29, 0.717) is 15.6 Å². The van der Waals surface area contributed by atoms with E-state index in [-0.39, 0.29) is 0 Å². The largest absolute Gasteiger partial charge is 0.479 e. The molecule has 1 fully saturated rings. The highest BCUT2D eigenvalue weighted by Crippen LogP contribution is 2.37. The number of aliphatic carboxylic acids is 1. The van der Waals surface area contributed by atoms with E-state index in [1.807, 2.05) is 0 Å². The molecule has 0 spiro atoms. The second-order valence-electron chi connectivity index (χ2n) is 3.69. The maximum absolute atomic E-state index is 11.0. The highest BCUT2D eigenvalue weighted by molar-refractivity contribution is 6.35. The molecule has 0 aliphatic carbocycles. The summed E-state index contributed by atoms with van der Waals surface area (Å²) in [6, 6.07) is 4.82. The summed E-state index contributed by atoms with van der Waals surface area (Å²) in [5.74, 6) is -1.08. The summed E-state index contributed by atoms with van der Waals surface area (Å²) >= 11 is 11.8. The van der Waals surface area contributed by atoms with Gasteiger partial charge in [0.2, 0.25) is 0 Å². The zero-order chi connectivity index (χ0) is 12.6. The number of halogens is 2. The van der Waals surface area contributed by atoms with E-state index in [0.717, 1.165) is 0 Å². The van der Waals surface area contributed by atoms with Crippen LogP contribution in [-0.4, -0.2) is 23.5 Å². The lowest BCUT2D eigenvalue weighted by atomic mass is 10.0. The molecule has 3 unspecified atom stereocenters. The molecular weight excluding hydrogens is 267 g/mol. The highest BCUT2D eigenvalue weighted by atomic mass is 35.5. The van der Waals surface area contributed by atoms with Gasteiger partial charge in [-0.3, -0.25) is 0 Å². The van der Waals surface area contributed by atoms with E-state index in [1.165, 1.54) is 0 Å². The van der Waals surface area contributed by atoms with Crippen molar-refractivity contribution in [2.45, 2.75) is 25.4 Å². The number of hydrogen-bond acceptors (Lipinski definition) is 3. The number of rotatable bonds is 2. The number of ether oxygens (including phenoxy) is 2. The summed E-state index contributed by atoms with van der Waals surface area (Å²) in [7, 11) is 0. The maximum atomic E-state index is 11.0. The first-order valence-corrected chi connectivity index (χ1v) is 5.73. The number of carbonyl (C=O) groups is 1. The van der Waals surface area contributed by atoms with Gasteiger partial charge >= 0.3 is 5.97 Å². The van der Waals surface area contributed by atoms with E-state index >= 15 is 0 Å². The second-order valence-corrected chi connectivity index (χ2v) is 4.53. The Morgan fingerprint density at radius 2 is 2.06 bits per heavy atom. The van der Waals surface area contributed by atoms with Crippen LogP contribution in [0.2, 0.25) is 10.0 Å². The minimum absolute atomic E-state index is 0.367. The molecule has 17 heavy (non-hydrogen) atoms. The van der Waals surface area contributed by atoms with Crippen molar-refractivity contribution in [3.05, 3.63) is 33.8 Å². The van der Waals surface area contributed by atoms with E-state index in [1.54, 1.807) is 25.1 Å². The second kappa shape index (κ2) is 4.82. The molecule has 1 aromatic carbocycles. The van der Waals surface area contributed by atoms with Crippen molar-refractivity contribution in [1.29, 1.82) is 0 Å². The first-order valence-electron chi connectivity index (χ1n) is 4.97. The van der Waals surface area contributed by atoms with E-state index in [2.05, 4.69) is 0 Å². The van der Waals surface area contributed by atoms with Crippen molar-refractivity contribution < 1.29 is 19.4 Å². The van der Waals surface area contributed by atoms with Gasteiger partial charge in [-0.2, -0.15) is 0 Å². The molecule has 1 N–H and O–H groups in total. The number of carboxylic acids is 1. The summed E-state index contributed by atoms with van der Waals surface area (Å²) in [4.78, 5) is 11.0. The Hall–Kier alpha value is -0.810. The van der Waals surface area contributed by atoms with E-state index < -0.39 is 24.5 Å². The Morgan fingerprint density at radius 3 is 2.65 bits per heavy atom. The Morgan fingerprint density at radius 1 is 1.35 bits per heavy atom. The first-order chi connectivity index (χ1) is 7.99. The molecule has 0 amide bonds. The molecule has 1 aliphatic rings. The Labute approximate surface area is 108 Å². The van der Waals surface area contributed by atoms with Gasteiger partial charge in [0.15, 0.2) is 12.4 Å².